The quantitative estimate of drug-likeness (QED) is 0.111. The molecule has 1 aromatic rings. The number of esters is 1. The first kappa shape index (κ1) is 25.1. The summed E-state index contributed by atoms with van der Waals surface area (Å²) >= 11 is 0. The highest BCUT2D eigenvalue weighted by atomic mass is 16.5. The molecule has 3 nitrogen and oxygen atoms in total. The standard InChI is InChI=1S/C26H40O3/c1-2-3-4-5-6-7-8-9-10-11-12-13-14-15-19-22-26(28)29-23-25(27)24-20-17-16-18-21-24/h12-13,16-18,20-21H,2-11,14-15,19,22-23H2,1H3/b13-12+. The number of hydrogen-bond donors (Lipinski definition) is 0. The Bertz CT molecular complexity index is 563. The zero-order valence-corrected chi connectivity index (χ0v) is 18.4. The van der Waals surface area contributed by atoms with Crippen LogP contribution in [0.25, 0.3) is 0 Å². The Morgan fingerprint density at radius 1 is 0.759 bits per heavy atom. The molecule has 0 fully saturated rings. The van der Waals surface area contributed by atoms with Gasteiger partial charge in [0.15, 0.2) is 12.4 Å². The molecule has 0 aromatic heterocycles. The maximum atomic E-state index is 11.9. The number of allylic oxidation sites excluding steroid dienone is 2. The van der Waals surface area contributed by atoms with Crippen molar-refractivity contribution in [3.63, 3.8) is 0 Å². The van der Waals surface area contributed by atoms with Gasteiger partial charge in [-0.2, -0.15) is 0 Å². The number of carbonyl (C=O) groups is 2. The van der Waals surface area contributed by atoms with Crippen molar-refractivity contribution in [1.82, 2.24) is 0 Å². The molecule has 0 saturated carbocycles. The van der Waals surface area contributed by atoms with Gasteiger partial charge >= 0.3 is 5.97 Å². The smallest absolute Gasteiger partial charge is 0.306 e. The summed E-state index contributed by atoms with van der Waals surface area (Å²) < 4.78 is 5.07. The Morgan fingerprint density at radius 2 is 1.31 bits per heavy atom. The molecule has 0 atom stereocenters. The molecular weight excluding hydrogens is 360 g/mol. The number of ether oxygens (including phenoxy) is 1. The lowest BCUT2D eigenvalue weighted by Gasteiger charge is -2.04. The molecule has 162 valence electrons. The van der Waals surface area contributed by atoms with Crippen molar-refractivity contribution in [2.75, 3.05) is 6.61 Å². The van der Waals surface area contributed by atoms with Gasteiger partial charge in [-0.15, -0.1) is 0 Å². The van der Waals surface area contributed by atoms with Gasteiger partial charge in [0, 0.05) is 12.0 Å². The zero-order valence-electron chi connectivity index (χ0n) is 18.4. The number of benzene rings is 1. The van der Waals surface area contributed by atoms with Crippen LogP contribution in [-0.4, -0.2) is 18.4 Å². The fourth-order valence-electron chi connectivity index (χ4n) is 3.27. The highest BCUT2D eigenvalue weighted by molar-refractivity contribution is 5.97. The van der Waals surface area contributed by atoms with Crippen LogP contribution in [0.5, 0.6) is 0 Å². The second-order valence-corrected chi connectivity index (χ2v) is 7.78. The zero-order chi connectivity index (χ0) is 21.0. The summed E-state index contributed by atoms with van der Waals surface area (Å²) in [6, 6.07) is 8.93. The van der Waals surface area contributed by atoms with E-state index < -0.39 is 0 Å². The lowest BCUT2D eigenvalue weighted by molar-refractivity contribution is -0.142. The topological polar surface area (TPSA) is 43.4 Å². The first-order chi connectivity index (χ1) is 14.2. The molecule has 29 heavy (non-hydrogen) atoms. The van der Waals surface area contributed by atoms with Gasteiger partial charge in [-0.25, -0.2) is 0 Å². The highest BCUT2D eigenvalue weighted by Gasteiger charge is 2.09. The summed E-state index contributed by atoms with van der Waals surface area (Å²) in [6.07, 6.45) is 21.2. The van der Waals surface area contributed by atoms with Gasteiger partial charge in [0.25, 0.3) is 0 Å². The van der Waals surface area contributed by atoms with Gasteiger partial charge in [0.1, 0.15) is 0 Å². The molecule has 0 unspecified atom stereocenters. The number of ketones is 1. The molecule has 1 aromatic carbocycles. The fraction of sp³-hybridized carbons (Fsp3) is 0.615. The van der Waals surface area contributed by atoms with E-state index in [2.05, 4.69) is 19.1 Å². The lowest BCUT2D eigenvalue weighted by atomic mass is 10.1. The summed E-state index contributed by atoms with van der Waals surface area (Å²) in [6.45, 7) is 2.10. The van der Waals surface area contributed by atoms with Crippen molar-refractivity contribution in [3.8, 4) is 0 Å². The van der Waals surface area contributed by atoms with E-state index in [1.807, 2.05) is 6.07 Å². The first-order valence-corrected chi connectivity index (χ1v) is 11.6. The van der Waals surface area contributed by atoms with E-state index in [1.165, 1.54) is 64.2 Å². The first-order valence-electron chi connectivity index (χ1n) is 11.6. The molecule has 0 N–H and O–H groups in total. The monoisotopic (exact) mass is 400 g/mol. The van der Waals surface area contributed by atoms with E-state index in [-0.39, 0.29) is 18.4 Å². The molecule has 3 heteroatoms. The molecule has 0 heterocycles. The van der Waals surface area contributed by atoms with Crippen LogP contribution in [0.15, 0.2) is 42.5 Å². The molecule has 0 amide bonds. The van der Waals surface area contributed by atoms with Crippen molar-refractivity contribution in [2.45, 2.75) is 96.8 Å². The summed E-state index contributed by atoms with van der Waals surface area (Å²) in [5.41, 5.74) is 0.581. The maximum absolute atomic E-state index is 11.9. The van der Waals surface area contributed by atoms with E-state index in [4.69, 9.17) is 4.74 Å². The van der Waals surface area contributed by atoms with Gasteiger partial charge < -0.3 is 4.74 Å². The van der Waals surface area contributed by atoms with Crippen LogP contribution >= 0.6 is 0 Å². The third-order valence-corrected chi connectivity index (χ3v) is 5.10. The molecule has 0 aliphatic carbocycles. The van der Waals surface area contributed by atoms with Crippen molar-refractivity contribution >= 4 is 11.8 Å². The van der Waals surface area contributed by atoms with Crippen molar-refractivity contribution < 1.29 is 14.3 Å². The molecule has 0 aliphatic heterocycles. The predicted molar refractivity (Wildman–Crippen MR) is 121 cm³/mol. The molecule has 0 radical (unpaired) electrons. The third-order valence-electron chi connectivity index (χ3n) is 5.10. The number of Topliss-reactive ketones (excluding diaryl/α,β-unsaturated/α-hetero) is 1. The minimum Gasteiger partial charge on any atom is -0.457 e. The largest absolute Gasteiger partial charge is 0.457 e. The fourth-order valence-corrected chi connectivity index (χ4v) is 3.27. The molecule has 0 saturated heterocycles. The SMILES string of the molecule is CCCCCCCCCCC/C=C/CCCCC(=O)OCC(=O)c1ccccc1. The Hall–Kier alpha value is -1.90. The van der Waals surface area contributed by atoms with E-state index >= 15 is 0 Å². The van der Waals surface area contributed by atoms with Gasteiger partial charge in [-0.3, -0.25) is 9.59 Å². The number of unbranched alkanes of at least 4 members (excludes halogenated alkanes) is 11. The van der Waals surface area contributed by atoms with Crippen molar-refractivity contribution in [2.24, 2.45) is 0 Å². The second-order valence-electron chi connectivity index (χ2n) is 7.78. The molecule has 0 aliphatic rings. The molecule has 0 spiro atoms. The predicted octanol–water partition coefficient (Wildman–Crippen LogP) is 7.45. The molecular formula is C26H40O3. The van der Waals surface area contributed by atoms with E-state index in [0.717, 1.165) is 19.3 Å². The summed E-state index contributed by atoms with van der Waals surface area (Å²) in [7, 11) is 0. The van der Waals surface area contributed by atoms with Crippen LogP contribution in [0.3, 0.4) is 0 Å². The van der Waals surface area contributed by atoms with Crippen LogP contribution in [0.2, 0.25) is 0 Å². The number of hydrogen-bond acceptors (Lipinski definition) is 3. The van der Waals surface area contributed by atoms with E-state index in [0.29, 0.717) is 12.0 Å². The summed E-state index contributed by atoms with van der Waals surface area (Å²) in [4.78, 5) is 23.6. The Balaban J connectivity index is 1.88. The van der Waals surface area contributed by atoms with Crippen LogP contribution in [0.4, 0.5) is 0 Å². The Kier molecular flexibility index (Phi) is 15.7. The molecule has 0 bridgehead atoms. The molecule has 1 rings (SSSR count). The van der Waals surface area contributed by atoms with Gasteiger partial charge in [-0.05, 0) is 32.1 Å². The number of rotatable bonds is 18. The van der Waals surface area contributed by atoms with Crippen LogP contribution in [0.1, 0.15) is 107 Å². The minimum absolute atomic E-state index is 0.154. The second kappa shape index (κ2) is 18.1. The van der Waals surface area contributed by atoms with Crippen molar-refractivity contribution in [3.05, 3.63) is 48.0 Å². The van der Waals surface area contributed by atoms with Crippen LogP contribution in [0, 0.1) is 0 Å². The van der Waals surface area contributed by atoms with Crippen LogP contribution < -0.4 is 0 Å². The maximum Gasteiger partial charge on any atom is 0.306 e. The van der Waals surface area contributed by atoms with E-state index in [9.17, 15) is 9.59 Å². The number of carbonyl (C=O) groups excluding carboxylic acids is 2. The lowest BCUT2D eigenvalue weighted by Crippen LogP contribution is -2.13. The van der Waals surface area contributed by atoms with Crippen LogP contribution in [-0.2, 0) is 9.53 Å². The van der Waals surface area contributed by atoms with Gasteiger partial charge in [-0.1, -0.05) is 101 Å². The third kappa shape index (κ3) is 14.7. The normalized spacial score (nSPS) is 11.1. The van der Waals surface area contributed by atoms with Crippen molar-refractivity contribution in [1.29, 1.82) is 0 Å². The summed E-state index contributed by atoms with van der Waals surface area (Å²) in [5.74, 6) is -0.439. The minimum atomic E-state index is -0.284. The average Bonchev–Trinajstić information content (AvgIpc) is 2.75. The highest BCUT2D eigenvalue weighted by Crippen LogP contribution is 2.11. The Labute approximate surface area is 177 Å². The Morgan fingerprint density at radius 3 is 1.93 bits per heavy atom. The van der Waals surface area contributed by atoms with E-state index in [1.54, 1.807) is 24.3 Å². The van der Waals surface area contributed by atoms with Gasteiger partial charge in [0.05, 0.1) is 0 Å². The average molecular weight is 401 g/mol. The van der Waals surface area contributed by atoms with Gasteiger partial charge in [0.2, 0.25) is 0 Å². The summed E-state index contributed by atoms with van der Waals surface area (Å²) in [5, 5.41) is 0.